The number of piperidine rings is 1. The highest BCUT2D eigenvalue weighted by molar-refractivity contribution is 5.82. The van der Waals surface area contributed by atoms with Crippen molar-refractivity contribution in [1.29, 1.82) is 0 Å². The molecule has 0 saturated carbocycles. The van der Waals surface area contributed by atoms with E-state index in [4.69, 9.17) is 0 Å². The average molecular weight is 141 g/mol. The van der Waals surface area contributed by atoms with Crippen LogP contribution in [-0.2, 0) is 4.79 Å². The lowest BCUT2D eigenvalue weighted by Crippen LogP contribution is -2.48. The average Bonchev–Trinajstić information content (AvgIpc) is 1.82. The molecule has 1 heterocycles. The summed E-state index contributed by atoms with van der Waals surface area (Å²) in [6.45, 7) is 6.12. The highest BCUT2D eigenvalue weighted by atomic mass is 16.1. The second kappa shape index (κ2) is 2.70. The number of nitrogens with one attached hydrogen (secondary N) is 1. The Morgan fingerprint density at radius 1 is 1.40 bits per heavy atom. The first-order chi connectivity index (χ1) is 4.61. The van der Waals surface area contributed by atoms with E-state index >= 15 is 0 Å². The van der Waals surface area contributed by atoms with Gasteiger partial charge >= 0.3 is 0 Å². The molecule has 1 rings (SSSR count). The van der Waals surface area contributed by atoms with Crippen molar-refractivity contribution in [2.24, 2.45) is 5.92 Å². The lowest BCUT2D eigenvalue weighted by molar-refractivity contribution is -0.125. The molecule has 1 fully saturated rings. The summed E-state index contributed by atoms with van der Waals surface area (Å²) in [7, 11) is 0. The first-order valence-electron chi connectivity index (χ1n) is 3.90. The quantitative estimate of drug-likeness (QED) is 0.544. The van der Waals surface area contributed by atoms with Crippen molar-refractivity contribution in [1.82, 2.24) is 5.32 Å². The van der Waals surface area contributed by atoms with Gasteiger partial charge in [-0.1, -0.05) is 6.92 Å². The van der Waals surface area contributed by atoms with Crippen molar-refractivity contribution in [3.05, 3.63) is 0 Å². The minimum Gasteiger partial charge on any atom is -0.311 e. The third-order valence-electron chi connectivity index (χ3n) is 2.31. The zero-order valence-corrected chi connectivity index (χ0v) is 6.85. The first kappa shape index (κ1) is 7.73. The van der Waals surface area contributed by atoms with Crippen LogP contribution in [0.15, 0.2) is 0 Å². The van der Waals surface area contributed by atoms with Crippen molar-refractivity contribution in [3.8, 4) is 0 Å². The molecule has 1 saturated heterocycles. The molecule has 0 aromatic heterocycles. The molecular formula is C8H15NO. The van der Waals surface area contributed by atoms with Gasteiger partial charge in [0, 0.05) is 24.4 Å². The molecular weight excluding hydrogens is 126 g/mol. The fourth-order valence-electron chi connectivity index (χ4n) is 1.42. The summed E-state index contributed by atoms with van der Waals surface area (Å²) in [6.07, 6.45) is 0.700. The fourth-order valence-corrected chi connectivity index (χ4v) is 1.42. The van der Waals surface area contributed by atoms with E-state index < -0.39 is 0 Å². The van der Waals surface area contributed by atoms with E-state index in [1.54, 1.807) is 0 Å². The van der Waals surface area contributed by atoms with Crippen LogP contribution >= 0.6 is 0 Å². The summed E-state index contributed by atoms with van der Waals surface area (Å²) >= 11 is 0. The predicted molar refractivity (Wildman–Crippen MR) is 40.8 cm³/mol. The van der Waals surface area contributed by atoms with E-state index in [9.17, 15) is 4.79 Å². The number of hydrogen-bond donors (Lipinski definition) is 1. The lowest BCUT2D eigenvalue weighted by Gasteiger charge is -2.30. The van der Waals surface area contributed by atoms with Crippen LogP contribution in [0, 0.1) is 5.92 Å². The van der Waals surface area contributed by atoms with Crippen molar-refractivity contribution < 1.29 is 4.79 Å². The minimum absolute atomic E-state index is 0.205. The van der Waals surface area contributed by atoms with Gasteiger partial charge in [-0.2, -0.15) is 0 Å². The van der Waals surface area contributed by atoms with Crippen molar-refractivity contribution >= 4 is 5.78 Å². The Kier molecular flexibility index (Phi) is 2.09. The summed E-state index contributed by atoms with van der Waals surface area (Å²) in [5.74, 6) is 0.606. The standard InChI is InChI=1S/C8H15NO/c1-5-4-8(10)6(2)7(3)9-5/h5-7,9H,4H2,1-3H3/t5-,6-,7+/m1/s1. The zero-order chi connectivity index (χ0) is 7.72. The number of hydrogen-bond acceptors (Lipinski definition) is 2. The van der Waals surface area contributed by atoms with E-state index in [2.05, 4.69) is 19.2 Å². The Hall–Kier alpha value is -0.370. The van der Waals surface area contributed by atoms with E-state index in [0.717, 1.165) is 0 Å². The molecule has 1 N–H and O–H groups in total. The summed E-state index contributed by atoms with van der Waals surface area (Å²) in [6, 6.07) is 0.731. The van der Waals surface area contributed by atoms with Gasteiger partial charge in [0.05, 0.1) is 0 Å². The molecule has 0 aromatic carbocycles. The summed E-state index contributed by atoms with van der Waals surface area (Å²) in [5, 5.41) is 3.34. The first-order valence-corrected chi connectivity index (χ1v) is 3.90. The van der Waals surface area contributed by atoms with Gasteiger partial charge in [-0.05, 0) is 13.8 Å². The number of Topliss-reactive ketones (excluding diaryl/α,β-unsaturated/α-hetero) is 1. The summed E-state index contributed by atoms with van der Waals surface area (Å²) in [4.78, 5) is 11.2. The second-order valence-electron chi connectivity index (χ2n) is 3.32. The molecule has 0 unspecified atom stereocenters. The molecule has 0 radical (unpaired) electrons. The van der Waals surface area contributed by atoms with Gasteiger partial charge in [0.25, 0.3) is 0 Å². The second-order valence-corrected chi connectivity index (χ2v) is 3.32. The monoisotopic (exact) mass is 141 g/mol. The topological polar surface area (TPSA) is 29.1 Å². The normalized spacial score (nSPS) is 41.9. The van der Waals surface area contributed by atoms with E-state index in [0.29, 0.717) is 24.3 Å². The highest BCUT2D eigenvalue weighted by Crippen LogP contribution is 2.14. The van der Waals surface area contributed by atoms with Gasteiger partial charge in [0.15, 0.2) is 0 Å². The highest BCUT2D eigenvalue weighted by Gasteiger charge is 2.27. The van der Waals surface area contributed by atoms with Crippen LogP contribution in [0.4, 0.5) is 0 Å². The molecule has 2 heteroatoms. The largest absolute Gasteiger partial charge is 0.311 e. The number of carbonyl (C=O) groups is 1. The van der Waals surface area contributed by atoms with Crippen LogP contribution in [0.3, 0.4) is 0 Å². The maximum Gasteiger partial charge on any atom is 0.138 e. The SMILES string of the molecule is C[C@@H]1CC(=O)[C@H](C)[C@H](C)N1. The van der Waals surface area contributed by atoms with E-state index in [1.807, 2.05) is 6.92 Å². The van der Waals surface area contributed by atoms with Crippen LogP contribution in [0.2, 0.25) is 0 Å². The number of carbonyl (C=O) groups excluding carboxylic acids is 1. The Morgan fingerprint density at radius 3 is 2.50 bits per heavy atom. The molecule has 0 amide bonds. The van der Waals surface area contributed by atoms with Crippen molar-refractivity contribution in [2.75, 3.05) is 0 Å². The van der Waals surface area contributed by atoms with Gasteiger partial charge in [-0.15, -0.1) is 0 Å². The molecule has 3 atom stereocenters. The smallest absolute Gasteiger partial charge is 0.138 e. The maximum atomic E-state index is 11.2. The van der Waals surface area contributed by atoms with E-state index in [-0.39, 0.29) is 5.92 Å². The van der Waals surface area contributed by atoms with Crippen molar-refractivity contribution in [3.63, 3.8) is 0 Å². The third-order valence-corrected chi connectivity index (χ3v) is 2.31. The van der Waals surface area contributed by atoms with Crippen LogP contribution < -0.4 is 5.32 Å². The minimum atomic E-state index is 0.205. The molecule has 58 valence electrons. The lowest BCUT2D eigenvalue weighted by atomic mass is 9.89. The number of rotatable bonds is 0. The Balaban J connectivity index is 2.57. The van der Waals surface area contributed by atoms with Crippen LogP contribution in [0.1, 0.15) is 27.2 Å². The maximum absolute atomic E-state index is 11.2. The summed E-state index contributed by atoms with van der Waals surface area (Å²) in [5.41, 5.74) is 0. The van der Waals surface area contributed by atoms with Gasteiger partial charge in [-0.25, -0.2) is 0 Å². The van der Waals surface area contributed by atoms with Gasteiger partial charge < -0.3 is 5.32 Å². The molecule has 0 bridgehead atoms. The van der Waals surface area contributed by atoms with Crippen molar-refractivity contribution in [2.45, 2.75) is 39.3 Å². The molecule has 0 spiro atoms. The van der Waals surface area contributed by atoms with Crippen LogP contribution in [0.25, 0.3) is 0 Å². The molecule has 0 aliphatic carbocycles. The molecule has 1 aliphatic rings. The molecule has 10 heavy (non-hydrogen) atoms. The van der Waals surface area contributed by atoms with Gasteiger partial charge in [-0.3, -0.25) is 4.79 Å². The molecule has 0 aromatic rings. The zero-order valence-electron chi connectivity index (χ0n) is 6.85. The van der Waals surface area contributed by atoms with E-state index in [1.165, 1.54) is 0 Å². The Morgan fingerprint density at radius 2 is 2.00 bits per heavy atom. The fraction of sp³-hybridized carbons (Fsp3) is 0.875. The summed E-state index contributed by atoms with van der Waals surface area (Å²) < 4.78 is 0. The molecule has 1 aliphatic heterocycles. The Bertz CT molecular complexity index is 144. The van der Waals surface area contributed by atoms with Gasteiger partial charge in [0.1, 0.15) is 5.78 Å². The Labute approximate surface area is 62.0 Å². The molecule has 2 nitrogen and oxygen atoms in total. The van der Waals surface area contributed by atoms with Gasteiger partial charge in [0.2, 0.25) is 0 Å². The number of ketones is 1. The third kappa shape index (κ3) is 1.37. The van der Waals surface area contributed by atoms with Crippen LogP contribution in [0.5, 0.6) is 0 Å². The predicted octanol–water partition coefficient (Wildman–Crippen LogP) is 0.962. The van der Waals surface area contributed by atoms with Crippen LogP contribution in [-0.4, -0.2) is 17.9 Å².